The first-order valence-corrected chi connectivity index (χ1v) is 8.48. The maximum absolute atomic E-state index is 12.6. The van der Waals surface area contributed by atoms with Crippen LogP contribution in [-0.4, -0.2) is 49.4 Å². The average Bonchev–Trinajstić information content (AvgIpc) is 3.18. The van der Waals surface area contributed by atoms with Crippen LogP contribution in [0.4, 0.5) is 5.69 Å². The minimum Gasteiger partial charge on any atom is -0.341 e. The van der Waals surface area contributed by atoms with E-state index in [9.17, 15) is 9.59 Å². The molecule has 1 aromatic rings. The number of halogens is 2. The summed E-state index contributed by atoms with van der Waals surface area (Å²) in [7, 11) is 1.79. The molecular weight excluding hydrogens is 337 g/mol. The number of likely N-dealkylation sites (N-methyl/N-ethyl adjacent to an activating group) is 1. The largest absolute Gasteiger partial charge is 0.341 e. The molecule has 2 aliphatic heterocycles. The van der Waals surface area contributed by atoms with Gasteiger partial charge in [0, 0.05) is 31.9 Å². The van der Waals surface area contributed by atoms with E-state index in [0.29, 0.717) is 28.7 Å². The monoisotopic (exact) mass is 355 g/mol. The van der Waals surface area contributed by atoms with Crippen LogP contribution in [0.3, 0.4) is 0 Å². The van der Waals surface area contributed by atoms with Crippen molar-refractivity contribution >= 4 is 40.7 Å². The number of benzene rings is 1. The third-order valence-corrected chi connectivity index (χ3v) is 5.39. The van der Waals surface area contributed by atoms with Crippen molar-refractivity contribution in [3.63, 3.8) is 0 Å². The highest BCUT2D eigenvalue weighted by Crippen LogP contribution is 2.31. The number of rotatable bonds is 3. The number of hydrogen-bond donors (Lipinski definition) is 1. The van der Waals surface area contributed by atoms with E-state index in [1.807, 2.05) is 0 Å². The zero-order chi connectivity index (χ0) is 16.6. The van der Waals surface area contributed by atoms with Crippen molar-refractivity contribution in [2.24, 2.45) is 5.92 Å². The van der Waals surface area contributed by atoms with E-state index in [2.05, 4.69) is 5.32 Å². The number of anilines is 1. The molecule has 1 aromatic carbocycles. The second-order valence-electron chi connectivity index (χ2n) is 6.03. The van der Waals surface area contributed by atoms with Crippen molar-refractivity contribution in [3.05, 3.63) is 28.2 Å². The highest BCUT2D eigenvalue weighted by atomic mass is 35.5. The Labute approximate surface area is 145 Å². The molecule has 2 fully saturated rings. The van der Waals surface area contributed by atoms with Crippen LogP contribution < -0.4 is 10.2 Å². The van der Waals surface area contributed by atoms with E-state index in [1.54, 1.807) is 35.0 Å². The molecule has 0 aromatic heterocycles. The minimum atomic E-state index is -0.602. The molecule has 2 amide bonds. The van der Waals surface area contributed by atoms with Gasteiger partial charge in [0.15, 0.2) is 0 Å². The van der Waals surface area contributed by atoms with Gasteiger partial charge in [-0.2, -0.15) is 0 Å². The smallest absolute Gasteiger partial charge is 0.239 e. The standard InChI is InChI=1S/C16H19Cl2N3O2/c1-20(11-4-6-19-9-11)15(22)12-5-7-21(16(12)23)10-2-3-13(17)14(18)8-10/h2-3,8,11-12,19H,4-7,9H2,1H3. The first kappa shape index (κ1) is 16.6. The van der Waals surface area contributed by atoms with Gasteiger partial charge >= 0.3 is 0 Å². The molecule has 1 N–H and O–H groups in total. The number of carbonyl (C=O) groups is 2. The Kier molecular flexibility index (Phi) is 4.80. The van der Waals surface area contributed by atoms with E-state index in [1.165, 1.54) is 0 Å². The van der Waals surface area contributed by atoms with E-state index < -0.39 is 5.92 Å². The molecule has 0 radical (unpaired) electrons. The van der Waals surface area contributed by atoms with E-state index >= 15 is 0 Å². The number of nitrogens with zero attached hydrogens (tertiary/aromatic N) is 2. The Hall–Kier alpha value is -1.30. The lowest BCUT2D eigenvalue weighted by atomic mass is 10.1. The fourth-order valence-electron chi connectivity index (χ4n) is 3.21. The zero-order valence-corrected chi connectivity index (χ0v) is 14.4. The predicted octanol–water partition coefficient (Wildman–Crippen LogP) is 2.17. The molecule has 0 aliphatic carbocycles. The van der Waals surface area contributed by atoms with E-state index in [-0.39, 0.29) is 17.9 Å². The fourth-order valence-corrected chi connectivity index (χ4v) is 3.51. The van der Waals surface area contributed by atoms with Gasteiger partial charge in [-0.25, -0.2) is 0 Å². The SMILES string of the molecule is CN(C(=O)C1CCN(c2ccc(Cl)c(Cl)c2)C1=O)C1CCNC1. The van der Waals surface area contributed by atoms with Gasteiger partial charge in [0.1, 0.15) is 5.92 Å². The zero-order valence-electron chi connectivity index (χ0n) is 12.9. The highest BCUT2D eigenvalue weighted by Gasteiger charge is 2.40. The second kappa shape index (κ2) is 6.67. The summed E-state index contributed by atoms with van der Waals surface area (Å²) in [5.41, 5.74) is 0.685. The number of carbonyl (C=O) groups excluding carboxylic acids is 2. The average molecular weight is 356 g/mol. The maximum Gasteiger partial charge on any atom is 0.239 e. The van der Waals surface area contributed by atoms with Crippen molar-refractivity contribution in [1.82, 2.24) is 10.2 Å². The Morgan fingerprint density at radius 2 is 2.09 bits per heavy atom. The quantitative estimate of drug-likeness (QED) is 0.845. The van der Waals surface area contributed by atoms with Gasteiger partial charge in [0.25, 0.3) is 0 Å². The van der Waals surface area contributed by atoms with Crippen LogP contribution in [0.1, 0.15) is 12.8 Å². The summed E-state index contributed by atoms with van der Waals surface area (Å²) in [6.45, 7) is 2.22. The summed E-state index contributed by atoms with van der Waals surface area (Å²) in [5.74, 6) is -0.854. The van der Waals surface area contributed by atoms with Crippen molar-refractivity contribution in [3.8, 4) is 0 Å². The first-order chi connectivity index (χ1) is 11.0. The van der Waals surface area contributed by atoms with Crippen molar-refractivity contribution in [2.45, 2.75) is 18.9 Å². The van der Waals surface area contributed by atoms with Crippen LogP contribution in [-0.2, 0) is 9.59 Å². The van der Waals surface area contributed by atoms with Crippen LogP contribution in [0.25, 0.3) is 0 Å². The molecular formula is C16H19Cl2N3O2. The van der Waals surface area contributed by atoms with Gasteiger partial charge in [0.2, 0.25) is 11.8 Å². The predicted molar refractivity (Wildman–Crippen MR) is 91.0 cm³/mol. The van der Waals surface area contributed by atoms with Crippen LogP contribution >= 0.6 is 23.2 Å². The van der Waals surface area contributed by atoms with E-state index in [0.717, 1.165) is 19.5 Å². The van der Waals surface area contributed by atoms with Crippen LogP contribution in [0.5, 0.6) is 0 Å². The summed E-state index contributed by atoms with van der Waals surface area (Å²) in [6.07, 6.45) is 1.46. The molecule has 0 bridgehead atoms. The molecule has 2 aliphatic rings. The van der Waals surface area contributed by atoms with Gasteiger partial charge in [-0.3, -0.25) is 9.59 Å². The summed E-state index contributed by atoms with van der Waals surface area (Å²) in [4.78, 5) is 28.6. The summed E-state index contributed by atoms with van der Waals surface area (Å²) in [5, 5.41) is 4.09. The summed E-state index contributed by atoms with van der Waals surface area (Å²) < 4.78 is 0. The van der Waals surface area contributed by atoms with Crippen molar-refractivity contribution in [2.75, 3.05) is 31.6 Å². The third-order valence-electron chi connectivity index (χ3n) is 4.65. The maximum atomic E-state index is 12.6. The Bertz CT molecular complexity index is 632. The van der Waals surface area contributed by atoms with Crippen molar-refractivity contribution < 1.29 is 9.59 Å². The lowest BCUT2D eigenvalue weighted by molar-refractivity contribution is -0.140. The lowest BCUT2D eigenvalue weighted by Crippen LogP contribution is -2.44. The lowest BCUT2D eigenvalue weighted by Gasteiger charge is -2.26. The molecule has 7 heteroatoms. The molecule has 5 nitrogen and oxygen atoms in total. The Balaban J connectivity index is 1.73. The number of amides is 2. The second-order valence-corrected chi connectivity index (χ2v) is 6.84. The summed E-state index contributed by atoms with van der Waals surface area (Å²) >= 11 is 11.9. The topological polar surface area (TPSA) is 52.7 Å². The molecule has 2 atom stereocenters. The number of nitrogens with one attached hydrogen (secondary N) is 1. The number of hydrogen-bond acceptors (Lipinski definition) is 3. The van der Waals surface area contributed by atoms with Crippen LogP contribution in [0.2, 0.25) is 10.0 Å². The van der Waals surface area contributed by atoms with Crippen LogP contribution in [0.15, 0.2) is 18.2 Å². The molecule has 0 spiro atoms. The van der Waals surface area contributed by atoms with Gasteiger partial charge in [-0.05, 0) is 37.6 Å². The normalized spacial score (nSPS) is 24.3. The molecule has 3 rings (SSSR count). The van der Waals surface area contributed by atoms with Gasteiger partial charge in [0.05, 0.1) is 10.0 Å². The Morgan fingerprint density at radius 3 is 2.74 bits per heavy atom. The fraction of sp³-hybridized carbons (Fsp3) is 0.500. The molecule has 2 unspecified atom stereocenters. The van der Waals surface area contributed by atoms with Crippen molar-refractivity contribution in [1.29, 1.82) is 0 Å². The Morgan fingerprint density at radius 1 is 1.30 bits per heavy atom. The molecule has 0 saturated carbocycles. The van der Waals surface area contributed by atoms with E-state index in [4.69, 9.17) is 23.2 Å². The molecule has 2 saturated heterocycles. The summed E-state index contributed by atoms with van der Waals surface area (Å²) in [6, 6.07) is 5.26. The highest BCUT2D eigenvalue weighted by molar-refractivity contribution is 6.42. The minimum absolute atomic E-state index is 0.0914. The van der Waals surface area contributed by atoms with Gasteiger partial charge in [-0.15, -0.1) is 0 Å². The van der Waals surface area contributed by atoms with Crippen LogP contribution in [0, 0.1) is 5.92 Å². The molecule has 124 valence electrons. The first-order valence-electron chi connectivity index (χ1n) is 7.73. The van der Waals surface area contributed by atoms with Gasteiger partial charge < -0.3 is 15.1 Å². The van der Waals surface area contributed by atoms with Gasteiger partial charge in [-0.1, -0.05) is 23.2 Å². The molecule has 23 heavy (non-hydrogen) atoms. The third kappa shape index (κ3) is 3.18. The molecule has 2 heterocycles.